The van der Waals surface area contributed by atoms with Gasteiger partial charge < -0.3 is 29.7 Å². The number of rotatable bonds is 6. The van der Waals surface area contributed by atoms with Crippen LogP contribution in [0.4, 0.5) is 36.8 Å². The summed E-state index contributed by atoms with van der Waals surface area (Å²) in [5.41, 5.74) is 2.48. The van der Waals surface area contributed by atoms with Crippen LogP contribution in [0.5, 0.6) is 0 Å². The average molecular weight is 644 g/mol. The topological polar surface area (TPSA) is 140 Å². The monoisotopic (exact) mass is 643 g/mol. The summed E-state index contributed by atoms with van der Waals surface area (Å²) in [6.07, 6.45) is -6.73. The lowest BCUT2D eigenvalue weighted by Crippen LogP contribution is -2.39. The summed E-state index contributed by atoms with van der Waals surface area (Å²) in [5, 5.41) is 14.8. The minimum absolute atomic E-state index is 0.0263. The van der Waals surface area contributed by atoms with Gasteiger partial charge in [-0.15, -0.1) is 0 Å². The Bertz CT molecular complexity index is 1460. The summed E-state index contributed by atoms with van der Waals surface area (Å²) < 4.78 is 87.2. The molecule has 0 unspecified atom stereocenters. The molecule has 17 heteroatoms. The molecule has 1 aliphatic rings. The highest BCUT2D eigenvalue weighted by Gasteiger charge is 2.39. The third-order valence-electron chi connectivity index (χ3n) is 5.68. The Morgan fingerprint density at radius 1 is 0.800 bits per heavy atom. The van der Waals surface area contributed by atoms with Crippen LogP contribution in [0.1, 0.15) is 44.0 Å². The molecule has 0 bridgehead atoms. The summed E-state index contributed by atoms with van der Waals surface area (Å²) in [6.45, 7) is 5.97. The Kier molecular flexibility index (Phi) is 12.3. The predicted octanol–water partition coefficient (Wildman–Crippen LogP) is 6.56. The fraction of sp³-hybridized carbons (Fsp3) is 0.393. The zero-order valence-electron chi connectivity index (χ0n) is 24.4. The first-order valence-corrected chi connectivity index (χ1v) is 13.6. The maximum absolute atomic E-state index is 12.4. The molecule has 1 aliphatic heterocycles. The Hall–Kier alpha value is -4.67. The molecule has 2 aromatic carbocycles. The number of carbonyl (C=O) groups is 1. The summed E-state index contributed by atoms with van der Waals surface area (Å²) in [4.78, 5) is 18.0. The van der Waals surface area contributed by atoms with E-state index in [1.807, 2.05) is 13.8 Å². The molecule has 0 saturated carbocycles. The Morgan fingerprint density at radius 3 is 1.62 bits per heavy atom. The van der Waals surface area contributed by atoms with Crippen molar-refractivity contribution in [3.63, 3.8) is 0 Å². The number of alkyl halides is 6. The molecule has 3 N–H and O–H groups in total. The number of anilines is 1. The van der Waals surface area contributed by atoms with Crippen LogP contribution in [-0.2, 0) is 23.6 Å². The van der Waals surface area contributed by atoms with Crippen LogP contribution in [0.15, 0.2) is 57.6 Å². The van der Waals surface area contributed by atoms with Gasteiger partial charge in [0.2, 0.25) is 11.6 Å². The van der Waals surface area contributed by atoms with Crippen molar-refractivity contribution in [3.8, 4) is 22.8 Å². The largest absolute Gasteiger partial charge is 0.471 e. The maximum atomic E-state index is 12.4. The minimum Gasteiger partial charge on any atom is -0.388 e. The van der Waals surface area contributed by atoms with Gasteiger partial charge in [0.15, 0.2) is 0 Å². The second kappa shape index (κ2) is 15.9. The van der Waals surface area contributed by atoms with Gasteiger partial charge in [0.1, 0.15) is 0 Å². The van der Waals surface area contributed by atoms with Crippen LogP contribution < -0.4 is 16.0 Å². The minimum atomic E-state index is -4.67. The zero-order chi connectivity index (χ0) is 33.0. The van der Waals surface area contributed by atoms with Crippen LogP contribution in [-0.4, -0.2) is 52.6 Å². The molecule has 4 aromatic rings. The summed E-state index contributed by atoms with van der Waals surface area (Å²) in [7, 11) is 1.74. The van der Waals surface area contributed by atoms with Crippen LogP contribution in [0.3, 0.4) is 0 Å². The van der Waals surface area contributed by atoms with E-state index in [1.165, 1.54) is 12.8 Å². The number of halogens is 6. The van der Waals surface area contributed by atoms with Crippen molar-refractivity contribution in [2.75, 3.05) is 25.6 Å². The van der Waals surface area contributed by atoms with E-state index in [0.717, 1.165) is 24.5 Å². The van der Waals surface area contributed by atoms with E-state index in [1.54, 1.807) is 55.6 Å². The molecule has 5 rings (SSSR count). The van der Waals surface area contributed by atoms with Crippen molar-refractivity contribution >= 4 is 11.7 Å². The van der Waals surface area contributed by atoms with Crippen LogP contribution in [0.25, 0.3) is 22.8 Å². The second-order valence-corrected chi connectivity index (χ2v) is 9.67. The van der Waals surface area contributed by atoms with Gasteiger partial charge in [0, 0.05) is 49.7 Å². The number of ether oxygens (including phenoxy) is 1. The number of hydrogen-bond acceptors (Lipinski definition) is 9. The summed E-state index contributed by atoms with van der Waals surface area (Å²) in [5.74, 6) is -2.96. The molecular weight excluding hydrogens is 612 g/mol. The number of urea groups is 1. The lowest BCUT2D eigenvalue weighted by Gasteiger charge is -2.10. The van der Waals surface area contributed by atoms with Gasteiger partial charge >= 0.3 is 30.2 Å². The molecule has 11 nitrogen and oxygen atoms in total. The van der Waals surface area contributed by atoms with Gasteiger partial charge in [0.25, 0.3) is 0 Å². The number of hydrogen-bond donors (Lipinski definition) is 3. The third-order valence-corrected chi connectivity index (χ3v) is 5.68. The SMILES string of the molecule is C1CCOC1.CC(C)NC(=O)NCc1ccc(-c2noc(C(F)(F)F)n2)cc1.CNc1ccc(-c2noc(C(F)(F)F)n2)cc1. The Labute approximate surface area is 253 Å². The van der Waals surface area contributed by atoms with Gasteiger partial charge in [-0.05, 0) is 56.5 Å². The molecule has 0 aliphatic carbocycles. The average Bonchev–Trinajstić information content (AvgIpc) is 3.80. The van der Waals surface area contributed by atoms with E-state index in [-0.39, 0.29) is 23.7 Å². The first-order valence-electron chi connectivity index (χ1n) is 13.6. The Morgan fingerprint density at radius 2 is 1.27 bits per heavy atom. The van der Waals surface area contributed by atoms with E-state index < -0.39 is 24.1 Å². The number of nitrogens with zero attached hydrogens (tertiary/aromatic N) is 4. The van der Waals surface area contributed by atoms with Crippen LogP contribution >= 0.6 is 0 Å². The molecule has 2 aromatic heterocycles. The number of nitrogens with one attached hydrogen (secondary N) is 3. The van der Waals surface area contributed by atoms with Crippen molar-refractivity contribution in [3.05, 3.63) is 65.9 Å². The second-order valence-electron chi connectivity index (χ2n) is 9.67. The van der Waals surface area contributed by atoms with Crippen LogP contribution in [0.2, 0.25) is 0 Å². The molecule has 0 spiro atoms. The predicted molar refractivity (Wildman–Crippen MR) is 150 cm³/mol. The van der Waals surface area contributed by atoms with Gasteiger partial charge in [-0.3, -0.25) is 0 Å². The quantitative estimate of drug-likeness (QED) is 0.199. The number of benzene rings is 2. The molecular formula is C28H31F6N7O4. The van der Waals surface area contributed by atoms with Crippen molar-refractivity contribution in [1.29, 1.82) is 0 Å². The standard InChI is InChI=1S/C14H15F3N4O2.C10H8F3N3O.C4H8O/c1-8(2)19-13(22)18-7-9-3-5-10(6-4-9)11-20-12(23-21-11)14(15,16)17;1-14-7-4-2-6(3-5-7)8-15-9(17-16-8)10(11,12)13;1-2-4-5-3-1/h3-6,8H,7H2,1-2H3,(H2,18,19,22);2-5,14H,1H3;1-4H2. The van der Waals surface area contributed by atoms with Gasteiger partial charge in [-0.2, -0.15) is 36.3 Å². The summed E-state index contributed by atoms with van der Waals surface area (Å²) in [6, 6.07) is 12.8. The molecule has 45 heavy (non-hydrogen) atoms. The maximum Gasteiger partial charge on any atom is 0.471 e. The van der Waals surface area contributed by atoms with Crippen molar-refractivity contribution in [2.45, 2.75) is 51.6 Å². The lowest BCUT2D eigenvalue weighted by atomic mass is 10.1. The fourth-order valence-electron chi connectivity index (χ4n) is 3.48. The van der Waals surface area contributed by atoms with Gasteiger partial charge in [0.05, 0.1) is 0 Å². The molecule has 2 amide bonds. The normalized spacial score (nSPS) is 12.9. The van der Waals surface area contributed by atoms with E-state index in [2.05, 4.69) is 45.3 Å². The fourth-order valence-corrected chi connectivity index (χ4v) is 3.48. The molecule has 1 saturated heterocycles. The first kappa shape index (κ1) is 34.8. The van der Waals surface area contributed by atoms with E-state index in [9.17, 15) is 31.1 Å². The van der Waals surface area contributed by atoms with Crippen LogP contribution in [0, 0.1) is 0 Å². The zero-order valence-corrected chi connectivity index (χ0v) is 24.4. The molecule has 3 heterocycles. The van der Waals surface area contributed by atoms with Gasteiger partial charge in [-0.1, -0.05) is 34.6 Å². The van der Waals surface area contributed by atoms with Gasteiger partial charge in [-0.25, -0.2) is 4.79 Å². The van der Waals surface area contributed by atoms with Crippen molar-refractivity contribution in [2.24, 2.45) is 0 Å². The third kappa shape index (κ3) is 11.4. The number of aromatic nitrogens is 4. The first-order chi connectivity index (χ1) is 21.3. The van der Waals surface area contributed by atoms with E-state index >= 15 is 0 Å². The van der Waals surface area contributed by atoms with E-state index in [0.29, 0.717) is 17.7 Å². The highest BCUT2D eigenvalue weighted by molar-refractivity contribution is 5.74. The highest BCUT2D eigenvalue weighted by atomic mass is 19.4. The number of carbonyl (C=O) groups excluding carboxylic acids is 1. The lowest BCUT2D eigenvalue weighted by molar-refractivity contribution is -0.160. The molecule has 1 fully saturated rings. The Balaban J connectivity index is 0.000000218. The highest BCUT2D eigenvalue weighted by Crippen LogP contribution is 2.30. The van der Waals surface area contributed by atoms with E-state index in [4.69, 9.17) is 4.74 Å². The smallest absolute Gasteiger partial charge is 0.388 e. The molecule has 244 valence electrons. The van der Waals surface area contributed by atoms with Crippen molar-refractivity contribution < 1.29 is 44.9 Å². The summed E-state index contributed by atoms with van der Waals surface area (Å²) >= 11 is 0. The molecule has 0 radical (unpaired) electrons. The number of amides is 2. The van der Waals surface area contributed by atoms with Crippen molar-refractivity contribution in [1.82, 2.24) is 30.9 Å². The molecule has 0 atom stereocenters.